The van der Waals surface area contributed by atoms with Gasteiger partial charge >= 0.3 is 0 Å². The summed E-state index contributed by atoms with van der Waals surface area (Å²) >= 11 is 8.10. The van der Waals surface area contributed by atoms with Crippen LogP contribution in [0.1, 0.15) is 16.5 Å². The maximum atomic E-state index is 13.2. The second kappa shape index (κ2) is 5.61. The van der Waals surface area contributed by atoms with E-state index < -0.39 is 6.10 Å². The van der Waals surface area contributed by atoms with Crippen molar-refractivity contribution in [2.75, 3.05) is 0 Å². The summed E-state index contributed by atoms with van der Waals surface area (Å²) in [5, 5.41) is 12.0. The summed E-state index contributed by atoms with van der Waals surface area (Å²) in [6, 6.07) is 6.55. The van der Waals surface area contributed by atoms with Crippen LogP contribution in [0.2, 0.25) is 0 Å². The molecule has 0 spiro atoms. The lowest BCUT2D eigenvalue weighted by atomic mass is 10.1. The van der Waals surface area contributed by atoms with Gasteiger partial charge in [0.1, 0.15) is 5.82 Å². The molecule has 5 heteroatoms. The molecule has 17 heavy (non-hydrogen) atoms. The monoisotopic (exact) mass is 378 g/mol. The quantitative estimate of drug-likeness (QED) is 0.820. The lowest BCUT2D eigenvalue weighted by molar-refractivity contribution is 0.181. The summed E-state index contributed by atoms with van der Waals surface area (Å²) in [4.78, 5) is 0.866. The van der Waals surface area contributed by atoms with Crippen molar-refractivity contribution in [2.24, 2.45) is 0 Å². The fraction of sp³-hybridized carbons (Fsp3) is 0.167. The summed E-state index contributed by atoms with van der Waals surface area (Å²) < 4.78 is 14.8. The molecule has 0 aliphatic rings. The van der Waals surface area contributed by atoms with E-state index in [0.29, 0.717) is 10.9 Å². The number of rotatable bonds is 3. The first-order valence-electron chi connectivity index (χ1n) is 4.92. The van der Waals surface area contributed by atoms with E-state index in [1.807, 2.05) is 17.5 Å². The van der Waals surface area contributed by atoms with Crippen molar-refractivity contribution in [1.29, 1.82) is 0 Å². The van der Waals surface area contributed by atoms with Gasteiger partial charge in [0.05, 0.1) is 6.10 Å². The Morgan fingerprint density at radius 2 is 2.06 bits per heavy atom. The second-order valence-electron chi connectivity index (χ2n) is 3.63. The van der Waals surface area contributed by atoms with Crippen molar-refractivity contribution < 1.29 is 9.50 Å². The van der Waals surface area contributed by atoms with Crippen LogP contribution < -0.4 is 0 Å². The largest absolute Gasteiger partial charge is 0.387 e. The molecule has 0 saturated carbocycles. The van der Waals surface area contributed by atoms with Crippen molar-refractivity contribution >= 4 is 43.2 Å². The lowest BCUT2D eigenvalue weighted by Crippen LogP contribution is -2.00. The van der Waals surface area contributed by atoms with Gasteiger partial charge in [-0.1, -0.05) is 15.9 Å². The van der Waals surface area contributed by atoms with Gasteiger partial charge in [0.25, 0.3) is 0 Å². The maximum Gasteiger partial charge on any atom is 0.124 e. The normalized spacial score (nSPS) is 12.7. The third-order valence-corrected chi connectivity index (χ3v) is 4.73. The molecule has 1 heterocycles. The summed E-state index contributed by atoms with van der Waals surface area (Å²) in [7, 11) is 0. The molecule has 1 aromatic carbocycles. The molecule has 1 unspecified atom stereocenters. The zero-order chi connectivity index (χ0) is 12.4. The fourth-order valence-corrected chi connectivity index (χ4v) is 3.72. The third-order valence-electron chi connectivity index (χ3n) is 2.30. The van der Waals surface area contributed by atoms with Crippen LogP contribution in [0.5, 0.6) is 0 Å². The lowest BCUT2D eigenvalue weighted by Gasteiger charge is -2.10. The summed E-state index contributed by atoms with van der Waals surface area (Å²) in [5.74, 6) is -0.299. The van der Waals surface area contributed by atoms with Crippen LogP contribution in [-0.2, 0) is 6.42 Å². The highest BCUT2D eigenvalue weighted by atomic mass is 79.9. The Labute approximate surface area is 120 Å². The second-order valence-corrected chi connectivity index (χ2v) is 6.35. The Hall–Kier alpha value is -0.230. The summed E-state index contributed by atoms with van der Waals surface area (Å²) in [6.45, 7) is 0. The zero-order valence-electron chi connectivity index (χ0n) is 8.66. The summed E-state index contributed by atoms with van der Waals surface area (Å²) in [5.41, 5.74) is 0.768. The number of thiophene rings is 1. The average Bonchev–Trinajstić information content (AvgIpc) is 2.62. The number of aliphatic hydroxyl groups is 1. The smallest absolute Gasteiger partial charge is 0.124 e. The highest BCUT2D eigenvalue weighted by Crippen LogP contribution is 2.31. The number of hydrogen-bond acceptors (Lipinski definition) is 2. The maximum absolute atomic E-state index is 13.2. The molecule has 2 rings (SSSR count). The predicted molar refractivity (Wildman–Crippen MR) is 74.8 cm³/mol. The fourth-order valence-electron chi connectivity index (χ4n) is 1.59. The van der Waals surface area contributed by atoms with E-state index in [-0.39, 0.29) is 5.82 Å². The van der Waals surface area contributed by atoms with E-state index in [0.717, 1.165) is 14.9 Å². The van der Waals surface area contributed by atoms with Crippen LogP contribution in [0.25, 0.3) is 0 Å². The van der Waals surface area contributed by atoms with Crippen molar-refractivity contribution in [3.8, 4) is 0 Å². The summed E-state index contributed by atoms with van der Waals surface area (Å²) in [6.07, 6.45) is -0.215. The molecule has 1 N–H and O–H groups in total. The van der Waals surface area contributed by atoms with E-state index in [1.165, 1.54) is 23.5 Å². The average molecular weight is 380 g/mol. The number of benzene rings is 1. The van der Waals surface area contributed by atoms with Crippen molar-refractivity contribution in [3.63, 3.8) is 0 Å². The van der Waals surface area contributed by atoms with E-state index in [2.05, 4.69) is 31.9 Å². The Kier molecular flexibility index (Phi) is 4.36. The van der Waals surface area contributed by atoms with Gasteiger partial charge in [-0.25, -0.2) is 4.39 Å². The van der Waals surface area contributed by atoms with E-state index >= 15 is 0 Å². The molecule has 0 bridgehead atoms. The molecule has 0 radical (unpaired) electrons. The minimum atomic E-state index is -0.613. The van der Waals surface area contributed by atoms with Gasteiger partial charge in [-0.15, -0.1) is 11.3 Å². The molecule has 1 atom stereocenters. The minimum Gasteiger partial charge on any atom is -0.387 e. The van der Waals surface area contributed by atoms with Crippen LogP contribution in [0, 0.1) is 5.82 Å². The Morgan fingerprint density at radius 1 is 1.29 bits per heavy atom. The van der Waals surface area contributed by atoms with Crippen LogP contribution in [-0.4, -0.2) is 5.11 Å². The van der Waals surface area contributed by atoms with Gasteiger partial charge in [-0.2, -0.15) is 0 Å². The van der Waals surface area contributed by atoms with E-state index in [1.54, 1.807) is 0 Å². The standard InChI is InChI=1S/C12H9Br2FOS/c13-8-3-7(4-9(15)6-8)5-11(16)12-10(14)1-2-17-12/h1-4,6,11,16H,5H2. The minimum absolute atomic E-state index is 0.299. The number of halogens is 3. The zero-order valence-corrected chi connectivity index (χ0v) is 12.6. The molecular formula is C12H9Br2FOS. The molecular weight excluding hydrogens is 371 g/mol. The molecule has 0 aliphatic carbocycles. The SMILES string of the molecule is OC(Cc1cc(F)cc(Br)c1)c1sccc1Br. The van der Waals surface area contributed by atoms with Gasteiger partial charge in [0, 0.05) is 20.2 Å². The van der Waals surface area contributed by atoms with Crippen LogP contribution in [0.3, 0.4) is 0 Å². The third kappa shape index (κ3) is 3.37. The predicted octanol–water partition coefficient (Wildman–Crippen LogP) is 4.69. The molecule has 1 nitrogen and oxygen atoms in total. The van der Waals surface area contributed by atoms with Crippen molar-refractivity contribution in [3.05, 3.63) is 54.8 Å². The molecule has 0 aliphatic heterocycles. The number of aliphatic hydroxyl groups excluding tert-OH is 1. The Balaban J connectivity index is 2.18. The van der Waals surface area contributed by atoms with Gasteiger partial charge in [-0.05, 0) is 51.1 Å². The van der Waals surface area contributed by atoms with Crippen molar-refractivity contribution in [2.45, 2.75) is 12.5 Å². The first-order valence-corrected chi connectivity index (χ1v) is 7.39. The van der Waals surface area contributed by atoms with Gasteiger partial charge < -0.3 is 5.11 Å². The van der Waals surface area contributed by atoms with Gasteiger partial charge in [0.15, 0.2) is 0 Å². The van der Waals surface area contributed by atoms with E-state index in [9.17, 15) is 9.50 Å². The van der Waals surface area contributed by atoms with Crippen LogP contribution in [0.4, 0.5) is 4.39 Å². The Bertz CT molecular complexity index is 507. The van der Waals surface area contributed by atoms with Crippen LogP contribution >= 0.6 is 43.2 Å². The highest BCUT2D eigenvalue weighted by Gasteiger charge is 2.14. The van der Waals surface area contributed by atoms with Crippen LogP contribution in [0.15, 0.2) is 38.6 Å². The Morgan fingerprint density at radius 3 is 2.65 bits per heavy atom. The van der Waals surface area contributed by atoms with Crippen molar-refractivity contribution in [1.82, 2.24) is 0 Å². The van der Waals surface area contributed by atoms with E-state index in [4.69, 9.17) is 0 Å². The first-order chi connectivity index (χ1) is 8.06. The molecule has 90 valence electrons. The molecule has 1 aromatic heterocycles. The van der Waals surface area contributed by atoms with Gasteiger partial charge in [0.2, 0.25) is 0 Å². The molecule has 0 saturated heterocycles. The highest BCUT2D eigenvalue weighted by molar-refractivity contribution is 9.10. The molecule has 2 aromatic rings. The first kappa shape index (κ1) is 13.2. The number of hydrogen-bond donors (Lipinski definition) is 1. The molecule has 0 fully saturated rings. The van der Waals surface area contributed by atoms with Gasteiger partial charge in [-0.3, -0.25) is 0 Å². The topological polar surface area (TPSA) is 20.2 Å². The molecule has 0 amide bonds.